The van der Waals surface area contributed by atoms with Gasteiger partial charge in [-0.05, 0) is 12.8 Å². The molecule has 1 unspecified atom stereocenters. The van der Waals surface area contributed by atoms with Crippen molar-refractivity contribution >= 4 is 11.6 Å². The minimum Gasteiger partial charge on any atom is -0.477 e. The summed E-state index contributed by atoms with van der Waals surface area (Å²) in [7, 11) is 0. The first-order chi connectivity index (χ1) is 7.13. The van der Waals surface area contributed by atoms with Crippen LogP contribution in [0.25, 0.3) is 0 Å². The lowest BCUT2D eigenvalue weighted by Gasteiger charge is -2.12. The molecule has 84 valence electrons. The molecule has 0 bridgehead atoms. The third-order valence-corrected chi connectivity index (χ3v) is 2.74. The van der Waals surface area contributed by atoms with Crippen LogP contribution in [-0.4, -0.2) is 22.0 Å². The second kappa shape index (κ2) is 5.91. The average molecular weight is 229 g/mol. The highest BCUT2D eigenvalue weighted by Crippen LogP contribution is 2.15. The van der Waals surface area contributed by atoms with E-state index >= 15 is 0 Å². The first-order valence-electron chi connectivity index (χ1n) is 5.21. The lowest BCUT2D eigenvalue weighted by molar-refractivity contribution is 0.324. The van der Waals surface area contributed by atoms with Gasteiger partial charge >= 0.3 is 0 Å². The molecule has 15 heavy (non-hydrogen) atoms. The van der Waals surface area contributed by atoms with Crippen LogP contribution in [0.15, 0.2) is 12.4 Å². The summed E-state index contributed by atoms with van der Waals surface area (Å²) in [5, 5.41) is 0.0937. The van der Waals surface area contributed by atoms with E-state index in [0.717, 1.165) is 12.1 Å². The van der Waals surface area contributed by atoms with Crippen LogP contribution < -0.4 is 4.74 Å². The van der Waals surface area contributed by atoms with Crippen molar-refractivity contribution in [2.45, 2.75) is 32.6 Å². The third kappa shape index (κ3) is 4.04. The summed E-state index contributed by atoms with van der Waals surface area (Å²) in [6.07, 6.45) is 4.08. The summed E-state index contributed by atoms with van der Waals surface area (Å²) in [5.74, 6) is 1.01. The molecular weight excluding hydrogens is 212 g/mol. The Kier molecular flexibility index (Phi) is 4.82. The molecule has 1 heterocycles. The van der Waals surface area contributed by atoms with Gasteiger partial charge in [0.15, 0.2) is 0 Å². The number of hydrogen-bond acceptors (Lipinski definition) is 3. The first kappa shape index (κ1) is 12.2. The van der Waals surface area contributed by atoms with Crippen LogP contribution in [-0.2, 0) is 6.42 Å². The van der Waals surface area contributed by atoms with Crippen molar-refractivity contribution in [2.75, 3.05) is 6.61 Å². The number of hydrogen-bond donors (Lipinski definition) is 0. The normalized spacial score (nSPS) is 12.9. The minimum absolute atomic E-state index is 0.0937. The van der Waals surface area contributed by atoms with E-state index in [1.165, 1.54) is 0 Å². The Morgan fingerprint density at radius 2 is 2.13 bits per heavy atom. The van der Waals surface area contributed by atoms with Gasteiger partial charge in [0.2, 0.25) is 5.88 Å². The highest BCUT2D eigenvalue weighted by atomic mass is 35.5. The Labute approximate surface area is 95.8 Å². The zero-order chi connectivity index (χ0) is 11.3. The van der Waals surface area contributed by atoms with Crippen molar-refractivity contribution in [3.05, 3.63) is 18.1 Å². The molecule has 0 aromatic carbocycles. The number of nitrogens with zero attached hydrogens (tertiary/aromatic N) is 2. The largest absolute Gasteiger partial charge is 0.477 e. The van der Waals surface area contributed by atoms with Crippen molar-refractivity contribution in [1.29, 1.82) is 0 Å². The minimum atomic E-state index is 0.0937. The molecule has 1 aromatic rings. The summed E-state index contributed by atoms with van der Waals surface area (Å²) in [4.78, 5) is 8.39. The van der Waals surface area contributed by atoms with Crippen molar-refractivity contribution in [3.63, 3.8) is 0 Å². The van der Waals surface area contributed by atoms with Crippen LogP contribution in [0.3, 0.4) is 0 Å². The number of rotatable bonds is 5. The van der Waals surface area contributed by atoms with E-state index < -0.39 is 0 Å². The molecule has 0 amide bonds. The fourth-order valence-corrected chi connectivity index (χ4v) is 1.30. The topological polar surface area (TPSA) is 35.0 Å². The Balaban J connectivity index is 2.64. The SMILES string of the molecule is CCOc1cncc(CC(Cl)C(C)C)n1. The van der Waals surface area contributed by atoms with Crippen LogP contribution in [0.4, 0.5) is 0 Å². The Hall–Kier alpha value is -0.830. The standard InChI is InChI=1S/C11H17ClN2O/c1-4-15-11-7-13-6-9(14-11)5-10(12)8(2)3/h6-8,10H,4-5H2,1-3H3. The average Bonchev–Trinajstić information content (AvgIpc) is 2.18. The van der Waals surface area contributed by atoms with E-state index in [-0.39, 0.29) is 5.38 Å². The number of aromatic nitrogens is 2. The molecule has 4 heteroatoms. The van der Waals surface area contributed by atoms with Crippen LogP contribution >= 0.6 is 11.6 Å². The summed E-state index contributed by atoms with van der Waals surface area (Å²) >= 11 is 6.17. The monoisotopic (exact) mass is 228 g/mol. The molecule has 0 spiro atoms. The fourth-order valence-electron chi connectivity index (χ4n) is 1.14. The Morgan fingerprint density at radius 3 is 2.73 bits per heavy atom. The summed E-state index contributed by atoms with van der Waals surface area (Å²) in [6, 6.07) is 0. The molecule has 0 aliphatic carbocycles. The maximum atomic E-state index is 6.17. The molecule has 0 N–H and O–H groups in total. The van der Waals surface area contributed by atoms with Crippen molar-refractivity contribution < 1.29 is 4.74 Å². The predicted molar refractivity (Wildman–Crippen MR) is 61.4 cm³/mol. The highest BCUT2D eigenvalue weighted by molar-refractivity contribution is 6.20. The summed E-state index contributed by atoms with van der Waals surface area (Å²) in [5.41, 5.74) is 0.884. The van der Waals surface area contributed by atoms with Gasteiger partial charge in [-0.25, -0.2) is 4.98 Å². The molecule has 1 aromatic heterocycles. The van der Waals surface area contributed by atoms with Crippen molar-refractivity contribution in [2.24, 2.45) is 5.92 Å². The summed E-state index contributed by atoms with van der Waals surface area (Å²) in [6.45, 7) is 6.72. The molecule has 3 nitrogen and oxygen atoms in total. The van der Waals surface area contributed by atoms with E-state index in [0.29, 0.717) is 18.4 Å². The zero-order valence-corrected chi connectivity index (χ0v) is 10.2. The van der Waals surface area contributed by atoms with Gasteiger partial charge in [0, 0.05) is 18.0 Å². The van der Waals surface area contributed by atoms with Crippen LogP contribution in [0.5, 0.6) is 5.88 Å². The smallest absolute Gasteiger partial charge is 0.232 e. The van der Waals surface area contributed by atoms with Gasteiger partial charge in [0.1, 0.15) is 0 Å². The maximum absolute atomic E-state index is 6.17. The summed E-state index contributed by atoms with van der Waals surface area (Å²) < 4.78 is 5.27. The highest BCUT2D eigenvalue weighted by Gasteiger charge is 2.11. The van der Waals surface area contributed by atoms with E-state index in [1.54, 1.807) is 12.4 Å². The second-order valence-corrected chi connectivity index (χ2v) is 4.31. The van der Waals surface area contributed by atoms with Gasteiger partial charge in [-0.2, -0.15) is 0 Å². The molecule has 0 aliphatic rings. The van der Waals surface area contributed by atoms with Gasteiger partial charge in [-0.15, -0.1) is 11.6 Å². The Morgan fingerprint density at radius 1 is 1.40 bits per heavy atom. The first-order valence-corrected chi connectivity index (χ1v) is 5.65. The van der Waals surface area contributed by atoms with Crippen LogP contribution in [0.1, 0.15) is 26.5 Å². The molecular formula is C11H17ClN2O. The molecule has 1 atom stereocenters. The van der Waals surface area contributed by atoms with E-state index in [4.69, 9.17) is 16.3 Å². The van der Waals surface area contributed by atoms with Crippen molar-refractivity contribution in [1.82, 2.24) is 9.97 Å². The molecule has 0 radical (unpaired) electrons. The second-order valence-electron chi connectivity index (χ2n) is 3.75. The fraction of sp³-hybridized carbons (Fsp3) is 0.636. The Bertz CT molecular complexity index is 304. The van der Waals surface area contributed by atoms with Gasteiger partial charge in [-0.3, -0.25) is 4.98 Å². The lowest BCUT2D eigenvalue weighted by atomic mass is 10.1. The molecule has 0 fully saturated rings. The van der Waals surface area contributed by atoms with Crippen LogP contribution in [0.2, 0.25) is 0 Å². The van der Waals surface area contributed by atoms with Gasteiger partial charge in [0.05, 0.1) is 18.5 Å². The lowest BCUT2D eigenvalue weighted by Crippen LogP contribution is -2.12. The van der Waals surface area contributed by atoms with Gasteiger partial charge in [-0.1, -0.05) is 13.8 Å². The number of alkyl halides is 1. The molecule has 1 rings (SSSR count). The van der Waals surface area contributed by atoms with E-state index in [1.807, 2.05) is 6.92 Å². The van der Waals surface area contributed by atoms with E-state index in [9.17, 15) is 0 Å². The number of ether oxygens (including phenoxy) is 1. The van der Waals surface area contributed by atoms with Gasteiger partial charge < -0.3 is 4.74 Å². The van der Waals surface area contributed by atoms with Crippen LogP contribution in [0, 0.1) is 5.92 Å². The molecule has 0 aliphatic heterocycles. The number of halogens is 1. The predicted octanol–water partition coefficient (Wildman–Crippen LogP) is 2.68. The molecule has 0 saturated carbocycles. The van der Waals surface area contributed by atoms with Gasteiger partial charge in [0.25, 0.3) is 0 Å². The zero-order valence-electron chi connectivity index (χ0n) is 9.40. The quantitative estimate of drug-likeness (QED) is 0.727. The maximum Gasteiger partial charge on any atom is 0.232 e. The van der Waals surface area contributed by atoms with Crippen molar-refractivity contribution in [3.8, 4) is 5.88 Å². The third-order valence-electron chi connectivity index (χ3n) is 2.08. The van der Waals surface area contributed by atoms with E-state index in [2.05, 4.69) is 23.8 Å². The molecule has 0 saturated heterocycles.